The van der Waals surface area contributed by atoms with E-state index in [0.717, 1.165) is 0 Å². The van der Waals surface area contributed by atoms with Crippen LogP contribution in [0.4, 0.5) is 4.39 Å². The predicted octanol–water partition coefficient (Wildman–Crippen LogP) is 6.59. The van der Waals surface area contributed by atoms with E-state index in [4.69, 9.17) is 14.0 Å². The summed E-state index contributed by atoms with van der Waals surface area (Å²) in [5.74, 6) is -0.490. The van der Waals surface area contributed by atoms with Gasteiger partial charge in [0.2, 0.25) is 5.82 Å². The molecule has 0 saturated carbocycles. The van der Waals surface area contributed by atoms with Crippen molar-refractivity contribution in [3.8, 4) is 17.1 Å². The van der Waals surface area contributed by atoms with Crippen molar-refractivity contribution in [3.05, 3.63) is 65.3 Å². The summed E-state index contributed by atoms with van der Waals surface area (Å²) in [6.45, 7) is 12.7. The van der Waals surface area contributed by atoms with Crippen molar-refractivity contribution in [1.82, 2.24) is 10.1 Å². The molecule has 0 fully saturated rings. The van der Waals surface area contributed by atoms with Crippen LogP contribution in [0.2, 0.25) is 0 Å². The number of halogens is 1. The third kappa shape index (κ3) is 6.53. The van der Waals surface area contributed by atoms with Crippen molar-refractivity contribution in [2.45, 2.75) is 66.6 Å². The van der Waals surface area contributed by atoms with Crippen LogP contribution in [0.15, 0.2) is 47.0 Å². The van der Waals surface area contributed by atoms with Crippen LogP contribution >= 0.6 is 0 Å². The van der Waals surface area contributed by atoms with Gasteiger partial charge in [-0.2, -0.15) is 4.98 Å². The van der Waals surface area contributed by atoms with Gasteiger partial charge in [0.15, 0.2) is 11.9 Å². The Bertz CT molecular complexity index is 1200. The van der Waals surface area contributed by atoms with Crippen LogP contribution in [0, 0.1) is 11.2 Å². The second-order valence-electron chi connectivity index (χ2n) is 10.3. The number of aromatic nitrogens is 2. The van der Waals surface area contributed by atoms with Crippen LogP contribution in [0.1, 0.15) is 87.6 Å². The molecule has 8 heteroatoms. The van der Waals surface area contributed by atoms with Gasteiger partial charge in [-0.05, 0) is 69.7 Å². The van der Waals surface area contributed by atoms with E-state index >= 15 is 0 Å². The topological polar surface area (TPSA) is 91.5 Å². The first-order chi connectivity index (χ1) is 16.3. The van der Waals surface area contributed by atoms with E-state index in [1.165, 1.54) is 18.2 Å². The molecule has 7 nitrogen and oxygen atoms in total. The molecule has 0 bridgehead atoms. The van der Waals surface area contributed by atoms with Crippen LogP contribution in [-0.4, -0.2) is 27.5 Å². The highest BCUT2D eigenvalue weighted by Gasteiger charge is 2.25. The summed E-state index contributed by atoms with van der Waals surface area (Å²) in [7, 11) is 0. The highest BCUT2D eigenvalue weighted by atomic mass is 19.1. The Kier molecular flexibility index (Phi) is 7.43. The monoisotopic (exact) mass is 482 g/mol. The minimum atomic E-state index is -0.745. The summed E-state index contributed by atoms with van der Waals surface area (Å²) >= 11 is 0. The molecule has 0 aliphatic heterocycles. The average Bonchev–Trinajstić information content (AvgIpc) is 3.25. The molecule has 0 radical (unpaired) electrons. The maximum atomic E-state index is 14.6. The highest BCUT2D eigenvalue weighted by Crippen LogP contribution is 2.28. The van der Waals surface area contributed by atoms with Gasteiger partial charge in [0.1, 0.15) is 17.2 Å². The van der Waals surface area contributed by atoms with Gasteiger partial charge in [0, 0.05) is 16.5 Å². The summed E-state index contributed by atoms with van der Waals surface area (Å²) in [6.07, 6.45) is 0.00211. The van der Waals surface area contributed by atoms with E-state index in [9.17, 15) is 14.0 Å². The zero-order valence-electron chi connectivity index (χ0n) is 21.1. The molecule has 3 rings (SSSR count). The molecule has 0 amide bonds. The van der Waals surface area contributed by atoms with Crippen LogP contribution < -0.4 is 4.74 Å². The maximum Gasteiger partial charge on any atom is 0.341 e. The molecule has 2 aromatic carbocycles. The molecule has 0 aliphatic carbocycles. The lowest BCUT2D eigenvalue weighted by Crippen LogP contribution is -2.24. The Balaban J connectivity index is 1.75. The van der Waals surface area contributed by atoms with E-state index in [1.54, 1.807) is 45.0 Å². The fraction of sp³-hybridized carbons (Fsp3) is 0.407. The Labute approximate surface area is 204 Å². The average molecular weight is 483 g/mol. The number of hydrogen-bond acceptors (Lipinski definition) is 7. The molecule has 0 unspecified atom stereocenters. The Morgan fingerprint density at radius 3 is 2.23 bits per heavy atom. The van der Waals surface area contributed by atoms with Crippen molar-refractivity contribution in [1.29, 1.82) is 0 Å². The van der Waals surface area contributed by atoms with Gasteiger partial charge >= 0.3 is 5.97 Å². The SMILES string of the molecule is CC[C@@H](Oc1ccc(C(=O)C(C)(C)C)cc1)c1nc(-c2ccc(C(=O)OC(C)(C)C)c(F)c2)no1. The molecule has 1 atom stereocenters. The Morgan fingerprint density at radius 2 is 1.69 bits per heavy atom. The van der Waals surface area contributed by atoms with E-state index in [2.05, 4.69) is 10.1 Å². The zero-order valence-corrected chi connectivity index (χ0v) is 21.1. The molecular weight excluding hydrogens is 451 g/mol. The van der Waals surface area contributed by atoms with E-state index in [0.29, 0.717) is 23.3 Å². The number of ether oxygens (including phenoxy) is 2. The zero-order chi connectivity index (χ0) is 26.0. The second kappa shape index (κ2) is 9.98. The third-order valence-corrected chi connectivity index (χ3v) is 5.01. The lowest BCUT2D eigenvalue weighted by molar-refractivity contribution is 0.00646. The number of rotatable bonds is 7. The number of esters is 1. The highest BCUT2D eigenvalue weighted by molar-refractivity contribution is 5.99. The Morgan fingerprint density at radius 1 is 1.03 bits per heavy atom. The molecular formula is C27H31FN2O5. The van der Waals surface area contributed by atoms with E-state index < -0.39 is 28.9 Å². The van der Waals surface area contributed by atoms with Crippen LogP contribution in [0.3, 0.4) is 0 Å². The van der Waals surface area contributed by atoms with Gasteiger partial charge in [-0.3, -0.25) is 4.79 Å². The lowest BCUT2D eigenvalue weighted by Gasteiger charge is -2.19. The normalized spacial score (nSPS) is 12.8. The van der Waals surface area contributed by atoms with Gasteiger partial charge < -0.3 is 14.0 Å². The van der Waals surface area contributed by atoms with Crippen molar-refractivity contribution < 1.29 is 28.0 Å². The van der Waals surface area contributed by atoms with Crippen LogP contribution in [0.25, 0.3) is 11.4 Å². The summed E-state index contributed by atoms with van der Waals surface area (Å²) < 4.78 is 31.2. The number of Topliss-reactive ketones (excluding diaryl/α,β-unsaturated/α-hetero) is 1. The summed E-state index contributed by atoms with van der Waals surface area (Å²) in [6, 6.07) is 10.9. The molecule has 1 heterocycles. The van der Waals surface area contributed by atoms with Gasteiger partial charge in [-0.25, -0.2) is 9.18 Å². The summed E-state index contributed by atoms with van der Waals surface area (Å²) in [4.78, 5) is 29.0. The van der Waals surface area contributed by atoms with Crippen LogP contribution in [-0.2, 0) is 4.74 Å². The molecule has 1 aromatic heterocycles. The van der Waals surface area contributed by atoms with Gasteiger partial charge in [0.25, 0.3) is 5.89 Å². The number of hydrogen-bond donors (Lipinski definition) is 0. The predicted molar refractivity (Wildman–Crippen MR) is 129 cm³/mol. The molecule has 186 valence electrons. The molecule has 3 aromatic rings. The fourth-order valence-electron chi connectivity index (χ4n) is 3.23. The van der Waals surface area contributed by atoms with E-state index in [1.807, 2.05) is 27.7 Å². The minimum absolute atomic E-state index is 0.0440. The third-order valence-electron chi connectivity index (χ3n) is 5.01. The quantitative estimate of drug-likeness (QED) is 0.277. The maximum absolute atomic E-state index is 14.6. The molecule has 0 spiro atoms. The first-order valence-electron chi connectivity index (χ1n) is 11.5. The van der Waals surface area contributed by atoms with Crippen molar-refractivity contribution in [3.63, 3.8) is 0 Å². The number of carbonyl (C=O) groups excluding carboxylic acids is 2. The molecule has 35 heavy (non-hydrogen) atoms. The molecule has 0 N–H and O–H groups in total. The number of carbonyl (C=O) groups is 2. The molecule has 0 aliphatic rings. The fourth-order valence-corrected chi connectivity index (χ4v) is 3.23. The smallest absolute Gasteiger partial charge is 0.341 e. The number of nitrogens with zero attached hydrogens (tertiary/aromatic N) is 2. The van der Waals surface area contributed by atoms with Gasteiger partial charge in [-0.1, -0.05) is 32.9 Å². The first-order valence-corrected chi connectivity index (χ1v) is 11.5. The summed E-state index contributed by atoms with van der Waals surface area (Å²) in [5.41, 5.74) is -0.420. The number of ketones is 1. The van der Waals surface area contributed by atoms with E-state index in [-0.39, 0.29) is 23.1 Å². The van der Waals surface area contributed by atoms with Gasteiger partial charge in [0.05, 0.1) is 5.56 Å². The standard InChI is InChI=1S/C27H31FN2O5/c1-8-21(33-18-12-9-16(10-13-18)22(31)26(2,3)4)24-29-23(30-35-24)17-11-14-19(20(28)15-17)25(32)34-27(5,6)7/h9-15,21H,8H2,1-7H3/t21-/m1/s1. The largest absolute Gasteiger partial charge is 0.481 e. The second-order valence-corrected chi connectivity index (χ2v) is 10.3. The van der Waals surface area contributed by atoms with Crippen LogP contribution in [0.5, 0.6) is 5.75 Å². The lowest BCUT2D eigenvalue weighted by atomic mass is 9.86. The van der Waals surface area contributed by atoms with Gasteiger partial charge in [-0.15, -0.1) is 0 Å². The van der Waals surface area contributed by atoms with Crippen molar-refractivity contribution in [2.24, 2.45) is 5.41 Å². The van der Waals surface area contributed by atoms with Crippen molar-refractivity contribution in [2.75, 3.05) is 0 Å². The number of benzene rings is 2. The minimum Gasteiger partial charge on any atom is -0.481 e. The molecule has 0 saturated heterocycles. The first kappa shape index (κ1) is 26.1. The Hall–Kier alpha value is -3.55. The summed E-state index contributed by atoms with van der Waals surface area (Å²) in [5, 5.41) is 3.94. The van der Waals surface area contributed by atoms with Crippen molar-refractivity contribution >= 4 is 11.8 Å².